The van der Waals surface area contributed by atoms with Crippen molar-refractivity contribution < 1.29 is 23.4 Å². The van der Waals surface area contributed by atoms with Crippen molar-refractivity contribution in [2.75, 3.05) is 27.8 Å². The number of aromatic nitrogens is 2. The maximum atomic E-state index is 13.1. The molecule has 4 rings (SSSR count). The molecule has 1 aromatic heterocycles. The molecule has 7 nitrogen and oxygen atoms in total. The zero-order valence-electron chi connectivity index (χ0n) is 20.2. The van der Waals surface area contributed by atoms with Crippen molar-refractivity contribution in [2.45, 2.75) is 12.8 Å². The van der Waals surface area contributed by atoms with E-state index in [0.29, 0.717) is 53.2 Å². The molecule has 0 saturated carbocycles. The average molecular weight is 508 g/mol. The number of nitrogens with zero attached hydrogens (tertiary/aromatic N) is 3. The Morgan fingerprint density at radius 2 is 1.64 bits per heavy atom. The van der Waals surface area contributed by atoms with E-state index in [1.807, 2.05) is 18.2 Å². The van der Waals surface area contributed by atoms with Gasteiger partial charge in [-0.3, -0.25) is 4.79 Å². The van der Waals surface area contributed by atoms with Crippen LogP contribution in [-0.4, -0.2) is 48.0 Å². The zero-order chi connectivity index (χ0) is 25.5. The van der Waals surface area contributed by atoms with E-state index in [-0.39, 0.29) is 11.7 Å². The van der Waals surface area contributed by atoms with Gasteiger partial charge in [0, 0.05) is 37.1 Å². The summed E-state index contributed by atoms with van der Waals surface area (Å²) < 4.78 is 33.8. The highest BCUT2D eigenvalue weighted by Gasteiger charge is 2.14. The van der Waals surface area contributed by atoms with Crippen molar-refractivity contribution in [1.29, 1.82) is 0 Å². The van der Waals surface area contributed by atoms with Crippen molar-refractivity contribution >= 4 is 17.4 Å². The summed E-state index contributed by atoms with van der Waals surface area (Å²) in [5, 5.41) is 0.401. The Labute approximate surface area is 213 Å². The number of hydrogen-bond donors (Lipinski definition) is 0. The fourth-order valence-electron chi connectivity index (χ4n) is 3.56. The molecule has 9 heteroatoms. The maximum absolute atomic E-state index is 13.1. The SMILES string of the molecule is COc1ccc(CCN(C)C(=O)c2ccc(Oc3nc(Cc4ccc(F)cc4)ns3)cc2)cc1OC. The van der Waals surface area contributed by atoms with Gasteiger partial charge in [0.15, 0.2) is 17.3 Å². The average Bonchev–Trinajstić information content (AvgIpc) is 3.34. The molecule has 1 amide bonds. The van der Waals surface area contributed by atoms with Crippen molar-refractivity contribution in [3.63, 3.8) is 0 Å². The van der Waals surface area contributed by atoms with Crippen LogP contribution in [0.1, 0.15) is 27.3 Å². The first kappa shape index (κ1) is 25.1. The fraction of sp³-hybridized carbons (Fsp3) is 0.222. The highest BCUT2D eigenvalue weighted by atomic mass is 32.1. The van der Waals surface area contributed by atoms with E-state index in [2.05, 4.69) is 9.36 Å². The Morgan fingerprint density at radius 3 is 2.33 bits per heavy atom. The molecule has 0 aliphatic heterocycles. The third-order valence-corrected chi connectivity index (χ3v) is 6.19. The van der Waals surface area contributed by atoms with Gasteiger partial charge in [0.05, 0.1) is 14.2 Å². The van der Waals surface area contributed by atoms with Gasteiger partial charge in [-0.25, -0.2) is 4.39 Å². The van der Waals surface area contributed by atoms with Gasteiger partial charge in [-0.2, -0.15) is 9.36 Å². The van der Waals surface area contributed by atoms with Crippen LogP contribution in [0, 0.1) is 5.82 Å². The minimum atomic E-state index is -0.278. The number of likely N-dealkylation sites (N-methyl/N-ethyl adjacent to an activating group) is 1. The first-order chi connectivity index (χ1) is 17.4. The molecular weight excluding hydrogens is 481 g/mol. The smallest absolute Gasteiger partial charge is 0.298 e. The number of carbonyl (C=O) groups is 1. The topological polar surface area (TPSA) is 73.8 Å². The minimum Gasteiger partial charge on any atom is -0.493 e. The summed E-state index contributed by atoms with van der Waals surface area (Å²) in [5.41, 5.74) is 2.53. The lowest BCUT2D eigenvalue weighted by molar-refractivity contribution is 0.0796. The van der Waals surface area contributed by atoms with Crippen LogP contribution in [-0.2, 0) is 12.8 Å². The molecule has 0 atom stereocenters. The number of ether oxygens (including phenoxy) is 3. The first-order valence-corrected chi connectivity index (χ1v) is 12.0. The predicted octanol–water partition coefficient (Wildman–Crippen LogP) is 5.39. The normalized spacial score (nSPS) is 10.7. The van der Waals surface area contributed by atoms with Gasteiger partial charge in [0.2, 0.25) is 0 Å². The molecule has 186 valence electrons. The van der Waals surface area contributed by atoms with Gasteiger partial charge >= 0.3 is 0 Å². The molecule has 0 spiro atoms. The Balaban J connectivity index is 1.31. The van der Waals surface area contributed by atoms with Crippen molar-refractivity contribution in [1.82, 2.24) is 14.3 Å². The van der Waals surface area contributed by atoms with E-state index in [4.69, 9.17) is 14.2 Å². The second kappa shape index (κ2) is 11.6. The lowest BCUT2D eigenvalue weighted by atomic mass is 10.1. The van der Waals surface area contributed by atoms with E-state index in [1.54, 1.807) is 62.6 Å². The van der Waals surface area contributed by atoms with Gasteiger partial charge in [0.1, 0.15) is 11.6 Å². The van der Waals surface area contributed by atoms with Gasteiger partial charge < -0.3 is 19.1 Å². The molecule has 0 unspecified atom stereocenters. The Kier molecular flexibility index (Phi) is 8.12. The summed E-state index contributed by atoms with van der Waals surface area (Å²) >= 11 is 1.14. The number of hydrogen-bond acceptors (Lipinski definition) is 7. The molecule has 0 aliphatic carbocycles. The monoisotopic (exact) mass is 507 g/mol. The van der Waals surface area contributed by atoms with E-state index in [9.17, 15) is 9.18 Å². The molecule has 0 radical (unpaired) electrons. The molecule has 3 aromatic carbocycles. The highest BCUT2D eigenvalue weighted by molar-refractivity contribution is 7.07. The van der Waals surface area contributed by atoms with E-state index >= 15 is 0 Å². The van der Waals surface area contributed by atoms with Crippen LogP contribution in [0.2, 0.25) is 0 Å². The van der Waals surface area contributed by atoms with Crippen LogP contribution in [0.4, 0.5) is 4.39 Å². The number of amides is 1. The third-order valence-electron chi connectivity index (χ3n) is 5.56. The van der Waals surface area contributed by atoms with E-state index < -0.39 is 0 Å². The maximum Gasteiger partial charge on any atom is 0.298 e. The Bertz CT molecular complexity index is 1310. The molecule has 36 heavy (non-hydrogen) atoms. The van der Waals surface area contributed by atoms with Gasteiger partial charge in [-0.15, -0.1) is 0 Å². The van der Waals surface area contributed by atoms with Crippen LogP contribution in [0.15, 0.2) is 66.7 Å². The number of halogens is 1. The Morgan fingerprint density at radius 1 is 0.944 bits per heavy atom. The van der Waals surface area contributed by atoms with Crippen molar-refractivity contribution in [2.24, 2.45) is 0 Å². The van der Waals surface area contributed by atoms with Gasteiger partial charge in [-0.05, 0) is 66.1 Å². The summed E-state index contributed by atoms with van der Waals surface area (Å²) in [4.78, 5) is 18.9. The third kappa shape index (κ3) is 6.37. The lowest BCUT2D eigenvalue weighted by Gasteiger charge is -2.18. The summed E-state index contributed by atoms with van der Waals surface area (Å²) in [6.45, 7) is 0.550. The second-order valence-electron chi connectivity index (χ2n) is 8.07. The van der Waals surface area contributed by atoms with Crippen molar-refractivity contribution in [3.05, 3.63) is 95.1 Å². The Hall–Kier alpha value is -3.98. The summed E-state index contributed by atoms with van der Waals surface area (Å²) in [7, 11) is 4.97. The van der Waals surface area contributed by atoms with E-state index in [1.165, 1.54) is 12.1 Å². The number of benzene rings is 3. The molecule has 0 bridgehead atoms. The summed E-state index contributed by atoms with van der Waals surface area (Å²) in [6.07, 6.45) is 1.17. The zero-order valence-corrected chi connectivity index (χ0v) is 21.0. The summed E-state index contributed by atoms with van der Waals surface area (Å²) in [6, 6.07) is 18.9. The molecular formula is C27H26FN3O4S. The molecule has 4 aromatic rings. The quantitative estimate of drug-likeness (QED) is 0.287. The van der Waals surface area contributed by atoms with Crippen LogP contribution < -0.4 is 14.2 Å². The largest absolute Gasteiger partial charge is 0.493 e. The molecule has 0 saturated heterocycles. The summed E-state index contributed by atoms with van der Waals surface area (Å²) in [5.74, 6) is 2.14. The fourth-order valence-corrected chi connectivity index (χ4v) is 4.13. The van der Waals surface area contributed by atoms with Crippen LogP contribution in [0.5, 0.6) is 22.4 Å². The minimum absolute atomic E-state index is 0.0838. The van der Waals surface area contributed by atoms with Crippen LogP contribution >= 0.6 is 11.5 Å². The second-order valence-corrected chi connectivity index (χ2v) is 8.79. The van der Waals surface area contributed by atoms with Gasteiger partial charge in [0.25, 0.3) is 11.1 Å². The number of methoxy groups -OCH3 is 2. The van der Waals surface area contributed by atoms with Crippen LogP contribution in [0.25, 0.3) is 0 Å². The first-order valence-electron chi connectivity index (χ1n) is 11.3. The lowest BCUT2D eigenvalue weighted by Crippen LogP contribution is -2.28. The van der Waals surface area contributed by atoms with Crippen LogP contribution in [0.3, 0.4) is 0 Å². The number of rotatable bonds is 10. The molecule has 0 fully saturated rings. The standard InChI is InChI=1S/C27H26FN3O4S/c1-31(15-14-19-6-13-23(33-2)24(16-19)34-3)26(32)20-7-11-22(12-8-20)35-27-29-25(30-36-27)17-18-4-9-21(28)10-5-18/h4-13,16H,14-15,17H2,1-3H3. The molecule has 1 heterocycles. The highest BCUT2D eigenvalue weighted by Crippen LogP contribution is 2.28. The molecule has 0 aliphatic rings. The molecule has 0 N–H and O–H groups in total. The van der Waals surface area contributed by atoms with E-state index in [0.717, 1.165) is 22.7 Å². The van der Waals surface area contributed by atoms with Crippen molar-refractivity contribution in [3.8, 4) is 22.4 Å². The van der Waals surface area contributed by atoms with Gasteiger partial charge in [-0.1, -0.05) is 18.2 Å². The predicted molar refractivity (Wildman–Crippen MR) is 136 cm³/mol. The number of carbonyl (C=O) groups excluding carboxylic acids is 1.